The van der Waals surface area contributed by atoms with Gasteiger partial charge in [0, 0.05) is 41.9 Å². The summed E-state index contributed by atoms with van der Waals surface area (Å²) in [7, 11) is 3.16. The molecule has 9 heteroatoms. The normalized spacial score (nSPS) is 18.8. The number of carbonyl (C=O) groups is 1. The Kier molecular flexibility index (Phi) is 8.41. The SMILES string of the molecule is COCCN1C(N)=C(C#N)[C@H](c2cc(Br)c(OCc3ccccc3Cl)c(OC)c2)C2=C1CC(C)(C)CC2=O. The molecule has 1 atom stereocenters. The molecule has 0 amide bonds. The summed E-state index contributed by atoms with van der Waals surface area (Å²) < 4.78 is 17.7. The molecule has 2 N–H and O–H groups in total. The van der Waals surface area contributed by atoms with Crippen LogP contribution in [0.2, 0.25) is 5.02 Å². The maximum absolute atomic E-state index is 13.6. The Morgan fingerprint density at radius 2 is 1.97 bits per heavy atom. The minimum Gasteiger partial charge on any atom is -0.493 e. The first kappa shape index (κ1) is 28.0. The quantitative estimate of drug-likeness (QED) is 0.393. The summed E-state index contributed by atoms with van der Waals surface area (Å²) >= 11 is 9.92. The molecule has 0 saturated carbocycles. The van der Waals surface area contributed by atoms with Gasteiger partial charge in [0.2, 0.25) is 0 Å². The van der Waals surface area contributed by atoms with E-state index in [4.69, 9.17) is 31.5 Å². The lowest BCUT2D eigenvalue weighted by Gasteiger charge is -2.43. The zero-order valence-electron chi connectivity index (χ0n) is 21.9. The van der Waals surface area contributed by atoms with Crippen molar-refractivity contribution in [1.29, 1.82) is 5.26 Å². The maximum Gasteiger partial charge on any atom is 0.175 e. The molecule has 4 rings (SSSR count). The van der Waals surface area contributed by atoms with Crippen LogP contribution in [-0.2, 0) is 16.1 Å². The summed E-state index contributed by atoms with van der Waals surface area (Å²) in [5, 5.41) is 10.9. The van der Waals surface area contributed by atoms with E-state index in [0.717, 1.165) is 11.3 Å². The predicted molar refractivity (Wildman–Crippen MR) is 150 cm³/mol. The zero-order valence-corrected chi connectivity index (χ0v) is 24.3. The lowest BCUT2D eigenvalue weighted by atomic mass is 9.68. The van der Waals surface area contributed by atoms with Crippen molar-refractivity contribution < 1.29 is 19.0 Å². The first-order valence-corrected chi connectivity index (χ1v) is 13.4. The van der Waals surface area contributed by atoms with E-state index in [-0.39, 0.29) is 17.8 Å². The second kappa shape index (κ2) is 11.4. The molecule has 0 unspecified atom stereocenters. The lowest BCUT2D eigenvalue weighted by molar-refractivity contribution is -0.118. The molecule has 200 valence electrons. The minimum atomic E-state index is -0.625. The largest absolute Gasteiger partial charge is 0.493 e. The summed E-state index contributed by atoms with van der Waals surface area (Å²) in [6.45, 7) is 5.24. The molecular weight excluding hydrogens is 570 g/mol. The van der Waals surface area contributed by atoms with Gasteiger partial charge in [0.05, 0.1) is 35.7 Å². The van der Waals surface area contributed by atoms with Crippen LogP contribution in [0.1, 0.15) is 43.7 Å². The fraction of sp³-hybridized carbons (Fsp3) is 0.379. The molecule has 0 radical (unpaired) electrons. The van der Waals surface area contributed by atoms with Gasteiger partial charge in [0.15, 0.2) is 17.3 Å². The Morgan fingerprint density at radius 3 is 2.63 bits per heavy atom. The van der Waals surface area contributed by atoms with Gasteiger partial charge in [-0.05, 0) is 51.5 Å². The number of hydrogen-bond donors (Lipinski definition) is 1. The van der Waals surface area contributed by atoms with E-state index in [0.29, 0.717) is 69.5 Å². The number of Topliss-reactive ketones (excluding diaryl/α,β-unsaturated/α-hetero) is 1. The van der Waals surface area contributed by atoms with Crippen molar-refractivity contribution in [1.82, 2.24) is 4.90 Å². The molecule has 0 aromatic heterocycles. The van der Waals surface area contributed by atoms with Gasteiger partial charge in [-0.15, -0.1) is 0 Å². The monoisotopic (exact) mass is 599 g/mol. The fourth-order valence-corrected chi connectivity index (χ4v) is 5.92. The molecule has 0 bridgehead atoms. The number of nitrogens with two attached hydrogens (primary N) is 1. The summed E-state index contributed by atoms with van der Waals surface area (Å²) in [6, 6.07) is 13.4. The van der Waals surface area contributed by atoms with E-state index in [9.17, 15) is 10.1 Å². The average molecular weight is 601 g/mol. The topological polar surface area (TPSA) is 97.8 Å². The van der Waals surface area contributed by atoms with Gasteiger partial charge >= 0.3 is 0 Å². The Balaban J connectivity index is 1.81. The Bertz CT molecular complexity index is 1360. The number of carbonyl (C=O) groups excluding carboxylic acids is 1. The van der Waals surface area contributed by atoms with Crippen molar-refractivity contribution in [3.8, 4) is 17.6 Å². The second-order valence-electron chi connectivity index (χ2n) is 10.2. The highest BCUT2D eigenvalue weighted by atomic mass is 79.9. The van der Waals surface area contributed by atoms with Crippen LogP contribution in [0.15, 0.2) is 63.5 Å². The molecule has 2 aromatic carbocycles. The molecule has 2 aliphatic rings. The maximum atomic E-state index is 13.6. The Labute approximate surface area is 236 Å². The van der Waals surface area contributed by atoms with Crippen LogP contribution in [0.3, 0.4) is 0 Å². The van der Waals surface area contributed by atoms with Gasteiger partial charge in [0.1, 0.15) is 12.4 Å². The standard InChI is InChI=1S/C29H31BrClN3O4/c1-29(2)13-22-26(23(35)14-29)25(19(15-32)28(33)34(22)9-10-36-3)18-11-20(30)27(24(12-18)37-4)38-16-17-7-5-6-8-21(17)31/h5-8,11-12,25H,9-10,13-14,16,33H2,1-4H3/t25-/m0/s1. The van der Waals surface area contributed by atoms with E-state index in [1.807, 2.05) is 41.3 Å². The van der Waals surface area contributed by atoms with Crippen molar-refractivity contribution in [3.63, 3.8) is 0 Å². The third-order valence-electron chi connectivity index (χ3n) is 6.92. The highest BCUT2D eigenvalue weighted by Gasteiger charge is 2.44. The number of ketones is 1. The average Bonchev–Trinajstić information content (AvgIpc) is 2.86. The molecule has 1 aliphatic heterocycles. The van der Waals surface area contributed by atoms with Crippen LogP contribution in [0.5, 0.6) is 11.5 Å². The number of methoxy groups -OCH3 is 2. The van der Waals surface area contributed by atoms with E-state index in [1.165, 1.54) is 0 Å². The number of hydrogen-bond acceptors (Lipinski definition) is 7. The second-order valence-corrected chi connectivity index (χ2v) is 11.5. The summed E-state index contributed by atoms with van der Waals surface area (Å²) in [4.78, 5) is 15.5. The highest BCUT2D eigenvalue weighted by Crippen LogP contribution is 2.50. The fourth-order valence-electron chi connectivity index (χ4n) is 5.16. The molecule has 0 fully saturated rings. The third-order valence-corrected chi connectivity index (χ3v) is 7.88. The third kappa shape index (κ3) is 5.42. The van der Waals surface area contributed by atoms with Crippen LogP contribution < -0.4 is 15.2 Å². The van der Waals surface area contributed by atoms with Crippen molar-refractivity contribution in [2.45, 2.75) is 39.2 Å². The minimum absolute atomic E-state index is 0.0121. The summed E-state index contributed by atoms with van der Waals surface area (Å²) in [5.41, 5.74) is 9.70. The molecule has 7 nitrogen and oxygen atoms in total. The van der Waals surface area contributed by atoms with Crippen molar-refractivity contribution in [2.24, 2.45) is 11.1 Å². The zero-order chi connectivity index (χ0) is 27.6. The molecule has 1 heterocycles. The first-order valence-electron chi connectivity index (χ1n) is 12.3. The number of ether oxygens (including phenoxy) is 3. The lowest BCUT2D eigenvalue weighted by Crippen LogP contribution is -2.43. The molecule has 2 aromatic rings. The highest BCUT2D eigenvalue weighted by molar-refractivity contribution is 9.10. The Hall–Kier alpha value is -2.99. The van der Waals surface area contributed by atoms with Crippen LogP contribution in [-0.4, -0.2) is 38.1 Å². The first-order chi connectivity index (χ1) is 18.1. The number of benzene rings is 2. The smallest absolute Gasteiger partial charge is 0.175 e. The van der Waals surface area contributed by atoms with Crippen LogP contribution in [0, 0.1) is 16.7 Å². The van der Waals surface area contributed by atoms with E-state index in [1.54, 1.807) is 14.2 Å². The predicted octanol–water partition coefficient (Wildman–Crippen LogP) is 6.07. The number of nitrogens with zero attached hydrogens (tertiary/aromatic N) is 2. The van der Waals surface area contributed by atoms with Gasteiger partial charge in [-0.2, -0.15) is 5.26 Å². The molecular formula is C29H31BrClN3O4. The van der Waals surface area contributed by atoms with Gasteiger partial charge in [-0.1, -0.05) is 43.6 Å². The number of allylic oxidation sites excluding steroid dienone is 3. The summed E-state index contributed by atoms with van der Waals surface area (Å²) in [6.07, 6.45) is 1.04. The number of rotatable bonds is 8. The van der Waals surface area contributed by atoms with Gasteiger partial charge < -0.3 is 24.8 Å². The van der Waals surface area contributed by atoms with Crippen molar-refractivity contribution in [3.05, 3.63) is 79.7 Å². The Morgan fingerprint density at radius 1 is 1.24 bits per heavy atom. The van der Waals surface area contributed by atoms with Crippen molar-refractivity contribution >= 4 is 33.3 Å². The molecule has 38 heavy (non-hydrogen) atoms. The molecule has 1 aliphatic carbocycles. The number of nitriles is 1. The molecule has 0 spiro atoms. The van der Waals surface area contributed by atoms with Gasteiger partial charge in [0.25, 0.3) is 0 Å². The van der Waals surface area contributed by atoms with Gasteiger partial charge in [-0.3, -0.25) is 4.79 Å². The van der Waals surface area contributed by atoms with Crippen LogP contribution in [0.4, 0.5) is 0 Å². The van der Waals surface area contributed by atoms with Crippen LogP contribution in [0.25, 0.3) is 0 Å². The van der Waals surface area contributed by atoms with Crippen molar-refractivity contribution in [2.75, 3.05) is 27.4 Å². The van der Waals surface area contributed by atoms with E-state index >= 15 is 0 Å². The van der Waals surface area contributed by atoms with Crippen LogP contribution >= 0.6 is 27.5 Å². The number of halogens is 2. The van der Waals surface area contributed by atoms with E-state index in [2.05, 4.69) is 35.8 Å². The van der Waals surface area contributed by atoms with E-state index < -0.39 is 5.92 Å². The summed E-state index contributed by atoms with van der Waals surface area (Å²) in [5.74, 6) is 0.686. The molecule has 0 saturated heterocycles. The van der Waals surface area contributed by atoms with Gasteiger partial charge in [-0.25, -0.2) is 0 Å².